The average molecular weight is 254 g/mol. The van der Waals surface area contributed by atoms with E-state index >= 15 is 0 Å². The van der Waals surface area contributed by atoms with Gasteiger partial charge in [-0.1, -0.05) is 23.8 Å². The summed E-state index contributed by atoms with van der Waals surface area (Å²) in [6.07, 6.45) is 2.51. The predicted molar refractivity (Wildman–Crippen MR) is 76.2 cm³/mol. The number of rotatable bonds is 4. The molecule has 1 aromatic heterocycles. The van der Waals surface area contributed by atoms with Crippen LogP contribution < -0.4 is 5.32 Å². The van der Waals surface area contributed by atoms with Crippen LogP contribution in [0.3, 0.4) is 0 Å². The van der Waals surface area contributed by atoms with Crippen LogP contribution in [0.4, 0.5) is 0 Å². The largest absolute Gasteiger partial charge is 0.352 e. The van der Waals surface area contributed by atoms with Crippen LogP contribution in [0.5, 0.6) is 0 Å². The first kappa shape index (κ1) is 13.3. The fourth-order valence-electron chi connectivity index (χ4n) is 2.01. The highest BCUT2D eigenvalue weighted by molar-refractivity contribution is 5.95. The summed E-state index contributed by atoms with van der Waals surface area (Å²) in [6, 6.07) is 11.7. The molecule has 0 fully saturated rings. The first-order valence-electron chi connectivity index (χ1n) is 6.42. The highest BCUT2D eigenvalue weighted by Gasteiger charge is 2.08. The number of nitrogens with zero attached hydrogens (tertiary/aromatic N) is 1. The summed E-state index contributed by atoms with van der Waals surface area (Å²) < 4.78 is 0. The summed E-state index contributed by atoms with van der Waals surface area (Å²) in [7, 11) is 0. The van der Waals surface area contributed by atoms with Gasteiger partial charge in [-0.05, 0) is 37.6 Å². The molecular formula is C16H18N2O. The van der Waals surface area contributed by atoms with Crippen molar-refractivity contribution in [2.45, 2.75) is 20.3 Å². The fourth-order valence-corrected chi connectivity index (χ4v) is 2.01. The zero-order valence-electron chi connectivity index (χ0n) is 11.3. The molecule has 0 aliphatic heterocycles. The van der Waals surface area contributed by atoms with Crippen LogP contribution in [-0.4, -0.2) is 17.4 Å². The lowest BCUT2D eigenvalue weighted by Gasteiger charge is -2.08. The van der Waals surface area contributed by atoms with Crippen molar-refractivity contribution in [3.8, 4) is 0 Å². The maximum absolute atomic E-state index is 12.0. The van der Waals surface area contributed by atoms with E-state index in [4.69, 9.17) is 0 Å². The summed E-state index contributed by atoms with van der Waals surface area (Å²) >= 11 is 0. The van der Waals surface area contributed by atoms with Gasteiger partial charge in [0.05, 0.1) is 0 Å². The number of carbonyl (C=O) groups is 1. The van der Waals surface area contributed by atoms with Crippen molar-refractivity contribution in [2.75, 3.05) is 6.54 Å². The second-order valence-corrected chi connectivity index (χ2v) is 4.65. The molecule has 2 aromatic rings. The van der Waals surface area contributed by atoms with E-state index in [-0.39, 0.29) is 5.91 Å². The Bertz CT molecular complexity index is 564. The Kier molecular flexibility index (Phi) is 4.29. The fraction of sp³-hybridized carbons (Fsp3) is 0.250. The Morgan fingerprint density at radius 2 is 2.05 bits per heavy atom. The lowest BCUT2D eigenvalue weighted by Crippen LogP contribution is -2.26. The lowest BCUT2D eigenvalue weighted by molar-refractivity contribution is 0.0953. The Balaban J connectivity index is 1.91. The molecule has 0 unspecified atom stereocenters. The highest BCUT2D eigenvalue weighted by Crippen LogP contribution is 2.10. The quantitative estimate of drug-likeness (QED) is 0.911. The van der Waals surface area contributed by atoms with E-state index in [0.717, 1.165) is 23.2 Å². The van der Waals surface area contributed by atoms with Crippen LogP contribution in [0.25, 0.3) is 0 Å². The van der Waals surface area contributed by atoms with Gasteiger partial charge in [-0.2, -0.15) is 0 Å². The summed E-state index contributed by atoms with van der Waals surface area (Å²) in [4.78, 5) is 16.3. The molecule has 0 spiro atoms. The number of hydrogen-bond donors (Lipinski definition) is 1. The predicted octanol–water partition coefficient (Wildman–Crippen LogP) is 2.67. The van der Waals surface area contributed by atoms with Crippen LogP contribution >= 0.6 is 0 Å². The number of benzene rings is 1. The van der Waals surface area contributed by atoms with Gasteiger partial charge in [-0.3, -0.25) is 9.78 Å². The third kappa shape index (κ3) is 3.65. The Morgan fingerprint density at radius 3 is 2.74 bits per heavy atom. The molecule has 1 amide bonds. The molecule has 3 nitrogen and oxygen atoms in total. The van der Waals surface area contributed by atoms with Gasteiger partial charge in [0.25, 0.3) is 5.91 Å². The first-order chi connectivity index (χ1) is 9.16. The second kappa shape index (κ2) is 6.14. The number of pyridine rings is 1. The Morgan fingerprint density at radius 1 is 1.21 bits per heavy atom. The van der Waals surface area contributed by atoms with Gasteiger partial charge >= 0.3 is 0 Å². The lowest BCUT2D eigenvalue weighted by atomic mass is 10.1. The van der Waals surface area contributed by atoms with Gasteiger partial charge in [0.2, 0.25) is 0 Å². The van der Waals surface area contributed by atoms with E-state index in [1.807, 2.05) is 50.2 Å². The van der Waals surface area contributed by atoms with E-state index in [0.29, 0.717) is 6.54 Å². The summed E-state index contributed by atoms with van der Waals surface area (Å²) in [5.74, 6) is -0.0200. The normalized spacial score (nSPS) is 10.2. The van der Waals surface area contributed by atoms with Crippen LogP contribution in [0.2, 0.25) is 0 Å². The molecule has 1 N–H and O–H groups in total. The van der Waals surface area contributed by atoms with Crippen molar-refractivity contribution in [2.24, 2.45) is 0 Å². The van der Waals surface area contributed by atoms with Crippen molar-refractivity contribution in [3.05, 3.63) is 65.0 Å². The molecule has 0 saturated carbocycles. The Hall–Kier alpha value is -2.16. The topological polar surface area (TPSA) is 42.0 Å². The molecule has 0 saturated heterocycles. The molecule has 0 aliphatic rings. The van der Waals surface area contributed by atoms with Gasteiger partial charge in [-0.15, -0.1) is 0 Å². The minimum Gasteiger partial charge on any atom is -0.352 e. The van der Waals surface area contributed by atoms with Crippen LogP contribution in [0.1, 0.15) is 27.2 Å². The third-order valence-corrected chi connectivity index (χ3v) is 3.02. The van der Waals surface area contributed by atoms with Crippen molar-refractivity contribution in [3.63, 3.8) is 0 Å². The molecule has 1 heterocycles. The van der Waals surface area contributed by atoms with Crippen molar-refractivity contribution >= 4 is 5.91 Å². The maximum Gasteiger partial charge on any atom is 0.251 e. The molecule has 0 atom stereocenters. The van der Waals surface area contributed by atoms with E-state index in [9.17, 15) is 4.79 Å². The highest BCUT2D eigenvalue weighted by atomic mass is 16.1. The van der Waals surface area contributed by atoms with E-state index in [1.54, 1.807) is 6.20 Å². The van der Waals surface area contributed by atoms with Crippen molar-refractivity contribution < 1.29 is 4.79 Å². The Labute approximate surface area is 113 Å². The number of amides is 1. The van der Waals surface area contributed by atoms with Crippen LogP contribution in [0, 0.1) is 13.8 Å². The first-order valence-corrected chi connectivity index (χ1v) is 6.42. The molecular weight excluding hydrogens is 236 g/mol. The second-order valence-electron chi connectivity index (χ2n) is 4.65. The smallest absolute Gasteiger partial charge is 0.251 e. The van der Waals surface area contributed by atoms with Crippen molar-refractivity contribution in [1.29, 1.82) is 0 Å². The molecule has 3 heteroatoms. The maximum atomic E-state index is 12.0. The van der Waals surface area contributed by atoms with Gasteiger partial charge < -0.3 is 5.32 Å². The van der Waals surface area contributed by atoms with Gasteiger partial charge in [-0.25, -0.2) is 0 Å². The van der Waals surface area contributed by atoms with Crippen LogP contribution in [-0.2, 0) is 6.42 Å². The summed E-state index contributed by atoms with van der Waals surface area (Å²) in [5, 5.41) is 2.93. The van der Waals surface area contributed by atoms with Gasteiger partial charge in [0, 0.05) is 30.4 Å². The molecule has 19 heavy (non-hydrogen) atoms. The van der Waals surface area contributed by atoms with Crippen molar-refractivity contribution in [1.82, 2.24) is 10.3 Å². The SMILES string of the molecule is Cc1ccc(C(=O)NCCc2ccccn2)c(C)c1. The number of hydrogen-bond acceptors (Lipinski definition) is 2. The zero-order valence-corrected chi connectivity index (χ0v) is 11.3. The minimum absolute atomic E-state index is 0.0200. The molecule has 98 valence electrons. The van der Waals surface area contributed by atoms with Gasteiger partial charge in [0.1, 0.15) is 0 Å². The third-order valence-electron chi connectivity index (χ3n) is 3.02. The summed E-state index contributed by atoms with van der Waals surface area (Å²) in [6.45, 7) is 4.58. The molecule has 0 bridgehead atoms. The molecule has 0 radical (unpaired) electrons. The van der Waals surface area contributed by atoms with E-state index in [2.05, 4.69) is 10.3 Å². The number of carbonyl (C=O) groups excluding carboxylic acids is 1. The van der Waals surface area contributed by atoms with Gasteiger partial charge in [0.15, 0.2) is 0 Å². The standard InChI is InChI=1S/C16H18N2O/c1-12-6-7-15(13(2)11-12)16(19)18-10-8-14-5-3-4-9-17-14/h3-7,9,11H,8,10H2,1-2H3,(H,18,19). The zero-order chi connectivity index (χ0) is 13.7. The van der Waals surface area contributed by atoms with Crippen LogP contribution in [0.15, 0.2) is 42.6 Å². The van der Waals surface area contributed by atoms with E-state index < -0.39 is 0 Å². The van der Waals surface area contributed by atoms with E-state index in [1.165, 1.54) is 5.56 Å². The molecule has 2 rings (SSSR count). The minimum atomic E-state index is -0.0200. The molecule has 1 aromatic carbocycles. The number of aryl methyl sites for hydroxylation is 2. The average Bonchev–Trinajstić information content (AvgIpc) is 2.39. The number of nitrogens with one attached hydrogen (secondary N) is 1. The monoisotopic (exact) mass is 254 g/mol. The number of aromatic nitrogens is 1. The summed E-state index contributed by atoms with van der Waals surface area (Å²) in [5.41, 5.74) is 3.91. The molecule has 0 aliphatic carbocycles.